The molecule has 15 heteroatoms. The van der Waals surface area contributed by atoms with Gasteiger partial charge in [0.15, 0.2) is 6.10 Å². The molecule has 1 atom stereocenters. The number of aromatic amines is 2. The van der Waals surface area contributed by atoms with Crippen LogP contribution in [0.5, 0.6) is 5.88 Å². The second kappa shape index (κ2) is 8.73. The number of aromatic nitrogens is 7. The van der Waals surface area contributed by atoms with E-state index in [0.29, 0.717) is 5.39 Å². The lowest BCUT2D eigenvalue weighted by molar-refractivity contribution is -0.0608. The third-order valence-corrected chi connectivity index (χ3v) is 5.58. The first-order valence-corrected chi connectivity index (χ1v) is 10.7. The fourth-order valence-electron chi connectivity index (χ4n) is 3.94. The summed E-state index contributed by atoms with van der Waals surface area (Å²) in [6.07, 6.45) is -0.428. The highest BCUT2D eigenvalue weighted by molar-refractivity contribution is 5.78. The summed E-state index contributed by atoms with van der Waals surface area (Å²) >= 11 is 0. The van der Waals surface area contributed by atoms with Crippen LogP contribution in [0.25, 0.3) is 22.2 Å². The number of hydrogen-bond acceptors (Lipinski definition) is 8. The van der Waals surface area contributed by atoms with Gasteiger partial charge < -0.3 is 14.6 Å². The quantitative estimate of drug-likeness (QED) is 0.378. The number of pyridine rings is 1. The number of rotatable bonds is 6. The summed E-state index contributed by atoms with van der Waals surface area (Å²) in [5, 5.41) is 4.33. The molecule has 1 aliphatic heterocycles. The van der Waals surface area contributed by atoms with Gasteiger partial charge >= 0.3 is 11.6 Å². The number of halogens is 4. The van der Waals surface area contributed by atoms with E-state index in [0.717, 1.165) is 4.68 Å². The molecule has 5 heterocycles. The summed E-state index contributed by atoms with van der Waals surface area (Å²) in [7, 11) is 0. The van der Waals surface area contributed by atoms with Crippen molar-refractivity contribution in [1.82, 2.24) is 34.7 Å². The minimum absolute atomic E-state index is 0.0398. The highest BCUT2D eigenvalue weighted by Crippen LogP contribution is 2.34. The van der Waals surface area contributed by atoms with Gasteiger partial charge in [0, 0.05) is 29.9 Å². The van der Waals surface area contributed by atoms with E-state index in [1.165, 1.54) is 42.5 Å². The van der Waals surface area contributed by atoms with E-state index in [1.807, 2.05) is 0 Å². The highest BCUT2D eigenvalue weighted by Gasteiger charge is 2.50. The predicted octanol–water partition coefficient (Wildman–Crippen LogP) is 1.74. The van der Waals surface area contributed by atoms with Gasteiger partial charge in [-0.1, -0.05) is 0 Å². The number of ether oxygens (including phenoxy) is 1. The van der Waals surface area contributed by atoms with Crippen LogP contribution in [-0.2, 0) is 6.54 Å². The van der Waals surface area contributed by atoms with Crippen molar-refractivity contribution in [3.05, 3.63) is 57.4 Å². The summed E-state index contributed by atoms with van der Waals surface area (Å²) in [6.45, 7) is -0.132. The van der Waals surface area contributed by atoms with Crippen molar-refractivity contribution in [1.29, 1.82) is 0 Å². The van der Waals surface area contributed by atoms with Gasteiger partial charge in [0.1, 0.15) is 18.2 Å². The molecule has 0 spiro atoms. The molecule has 5 rings (SSSR count). The Hall–Kier alpha value is -4.30. The average molecular weight is 506 g/mol. The van der Waals surface area contributed by atoms with Gasteiger partial charge in [-0.15, -0.1) is 0 Å². The Kier molecular flexibility index (Phi) is 5.68. The SMILES string of the molecule is Cc1nc(-c2c[nH]c(=O)[nH]c2=O)cc(N2CC(Oc3cc4c(cn3)cnn4CC(F)F)C(F)(F)C2)n1. The summed E-state index contributed by atoms with van der Waals surface area (Å²) in [5.41, 5.74) is -0.929. The summed E-state index contributed by atoms with van der Waals surface area (Å²) < 4.78 is 62.0. The van der Waals surface area contributed by atoms with Crippen molar-refractivity contribution >= 4 is 16.7 Å². The fourth-order valence-corrected chi connectivity index (χ4v) is 3.94. The Labute approximate surface area is 198 Å². The van der Waals surface area contributed by atoms with Gasteiger partial charge in [-0.2, -0.15) is 5.10 Å². The smallest absolute Gasteiger partial charge is 0.325 e. The standard InChI is InChI=1S/C21H18F4N8O3/c1-10-29-13(12-6-27-20(35)31-19(12)34)2-17(30-10)32-7-15(21(24,25)9-32)36-18-3-14-11(4-26-18)5-28-33(14)8-16(22)23/h2-6,15-16H,7-9H2,1H3,(H2,27,31,34,35). The van der Waals surface area contributed by atoms with Crippen molar-refractivity contribution in [3.8, 4) is 17.1 Å². The first kappa shape index (κ1) is 23.4. The largest absolute Gasteiger partial charge is 0.466 e. The first-order valence-electron chi connectivity index (χ1n) is 10.7. The predicted molar refractivity (Wildman–Crippen MR) is 119 cm³/mol. The van der Waals surface area contributed by atoms with Gasteiger partial charge in [-0.25, -0.2) is 37.3 Å². The molecule has 0 amide bonds. The maximum absolute atomic E-state index is 14.9. The third kappa shape index (κ3) is 4.50. The van der Waals surface area contributed by atoms with Crippen LogP contribution in [-0.4, -0.2) is 66.2 Å². The Morgan fingerprint density at radius 3 is 2.78 bits per heavy atom. The zero-order valence-electron chi connectivity index (χ0n) is 18.6. The van der Waals surface area contributed by atoms with E-state index in [2.05, 4.69) is 30.0 Å². The Bertz CT molecular complexity index is 1550. The maximum atomic E-state index is 14.9. The van der Waals surface area contributed by atoms with Gasteiger partial charge in [0.25, 0.3) is 12.0 Å². The van der Waals surface area contributed by atoms with Gasteiger partial charge in [-0.05, 0) is 6.92 Å². The van der Waals surface area contributed by atoms with E-state index in [4.69, 9.17) is 4.74 Å². The molecule has 36 heavy (non-hydrogen) atoms. The van der Waals surface area contributed by atoms with Crippen LogP contribution in [0.4, 0.5) is 23.4 Å². The lowest BCUT2D eigenvalue weighted by Crippen LogP contribution is -2.36. The molecule has 0 saturated carbocycles. The molecular weight excluding hydrogens is 488 g/mol. The van der Waals surface area contributed by atoms with E-state index < -0.39 is 42.8 Å². The van der Waals surface area contributed by atoms with Crippen LogP contribution in [0.2, 0.25) is 0 Å². The van der Waals surface area contributed by atoms with E-state index in [-0.39, 0.29) is 40.8 Å². The lowest BCUT2D eigenvalue weighted by Gasteiger charge is -2.18. The number of nitrogens with one attached hydrogen (secondary N) is 2. The van der Waals surface area contributed by atoms with Crippen molar-refractivity contribution < 1.29 is 22.3 Å². The van der Waals surface area contributed by atoms with Crippen molar-refractivity contribution in [2.45, 2.75) is 31.9 Å². The number of nitrogens with zero attached hydrogens (tertiary/aromatic N) is 6. The Morgan fingerprint density at radius 2 is 2.03 bits per heavy atom. The molecule has 1 aliphatic rings. The minimum atomic E-state index is -3.31. The maximum Gasteiger partial charge on any atom is 0.325 e. The molecule has 1 unspecified atom stereocenters. The monoisotopic (exact) mass is 506 g/mol. The number of anilines is 1. The van der Waals surface area contributed by atoms with Crippen LogP contribution >= 0.6 is 0 Å². The molecule has 1 fully saturated rings. The number of aryl methyl sites for hydroxylation is 1. The van der Waals surface area contributed by atoms with Crippen LogP contribution < -0.4 is 20.9 Å². The zero-order chi connectivity index (χ0) is 25.6. The first-order chi connectivity index (χ1) is 17.1. The molecular formula is C21H18F4N8O3. The van der Waals surface area contributed by atoms with E-state index >= 15 is 0 Å². The lowest BCUT2D eigenvalue weighted by atomic mass is 10.2. The molecule has 0 bridgehead atoms. The van der Waals surface area contributed by atoms with Crippen LogP contribution in [0, 0.1) is 6.92 Å². The second-order valence-electron chi connectivity index (χ2n) is 8.19. The second-order valence-corrected chi connectivity index (χ2v) is 8.19. The van der Waals surface area contributed by atoms with Crippen molar-refractivity contribution in [2.24, 2.45) is 0 Å². The number of fused-ring (bicyclic) bond motifs is 1. The van der Waals surface area contributed by atoms with Crippen molar-refractivity contribution in [2.75, 3.05) is 18.0 Å². The van der Waals surface area contributed by atoms with Crippen LogP contribution in [0.3, 0.4) is 0 Å². The summed E-state index contributed by atoms with van der Waals surface area (Å²) in [6, 6.07) is 2.65. The molecule has 4 aromatic heterocycles. The Morgan fingerprint density at radius 1 is 1.22 bits per heavy atom. The van der Waals surface area contributed by atoms with Crippen molar-refractivity contribution in [3.63, 3.8) is 0 Å². The summed E-state index contributed by atoms with van der Waals surface area (Å²) in [4.78, 5) is 41.5. The molecule has 0 aromatic carbocycles. The number of H-pyrrole nitrogens is 2. The Balaban J connectivity index is 1.41. The molecule has 0 radical (unpaired) electrons. The van der Waals surface area contributed by atoms with Gasteiger partial charge in [0.2, 0.25) is 5.88 Å². The molecule has 1 saturated heterocycles. The third-order valence-electron chi connectivity index (χ3n) is 5.58. The van der Waals surface area contributed by atoms with Gasteiger partial charge in [-0.3, -0.25) is 14.5 Å². The molecule has 188 valence electrons. The summed E-state index contributed by atoms with van der Waals surface area (Å²) in [5.74, 6) is -3.12. The molecule has 0 aliphatic carbocycles. The van der Waals surface area contributed by atoms with Gasteiger partial charge in [0.05, 0.1) is 36.1 Å². The molecule has 4 aromatic rings. The normalized spacial score (nSPS) is 17.3. The average Bonchev–Trinajstić information content (AvgIpc) is 3.32. The van der Waals surface area contributed by atoms with Crippen LogP contribution in [0.1, 0.15) is 5.82 Å². The zero-order valence-corrected chi connectivity index (χ0v) is 18.6. The van der Waals surface area contributed by atoms with E-state index in [1.54, 1.807) is 0 Å². The highest BCUT2D eigenvalue weighted by atomic mass is 19.3. The molecule has 11 nitrogen and oxygen atoms in total. The van der Waals surface area contributed by atoms with Crippen LogP contribution in [0.15, 0.2) is 40.3 Å². The van der Waals surface area contributed by atoms with E-state index in [9.17, 15) is 27.2 Å². The topological polar surface area (TPSA) is 135 Å². The fraction of sp³-hybridized carbons (Fsp3) is 0.333. The minimum Gasteiger partial charge on any atom is -0.466 e. The number of hydrogen-bond donors (Lipinski definition) is 2. The molecule has 2 N–H and O–H groups in total. The number of alkyl halides is 4.